The lowest BCUT2D eigenvalue weighted by Gasteiger charge is -2.33. The van der Waals surface area contributed by atoms with Gasteiger partial charge in [0.15, 0.2) is 0 Å². The maximum Gasteiger partial charge on any atom is 0.226 e. The maximum atomic E-state index is 13.0. The second-order valence-corrected chi connectivity index (χ2v) is 6.16. The Labute approximate surface area is 133 Å². The Morgan fingerprint density at radius 1 is 1.22 bits per heavy atom. The highest BCUT2D eigenvalue weighted by atomic mass is 19.1. The molecule has 5 heteroatoms. The smallest absolute Gasteiger partial charge is 0.226 e. The summed E-state index contributed by atoms with van der Waals surface area (Å²) in [5, 5.41) is 0. The molecule has 4 nitrogen and oxygen atoms in total. The summed E-state index contributed by atoms with van der Waals surface area (Å²) in [5.74, 6) is 1.03. The van der Waals surface area contributed by atoms with Gasteiger partial charge in [-0.05, 0) is 36.2 Å². The third-order valence-corrected chi connectivity index (χ3v) is 4.64. The highest BCUT2D eigenvalue weighted by molar-refractivity contribution is 5.83. The monoisotopic (exact) mass is 315 g/mol. The number of amides is 1. The number of carbonyl (C=O) groups excluding carboxylic acids is 1. The molecule has 1 aromatic heterocycles. The highest BCUT2D eigenvalue weighted by Crippen LogP contribution is 2.48. The molecule has 2 aliphatic rings. The van der Waals surface area contributed by atoms with Crippen LogP contribution in [0.4, 0.5) is 4.39 Å². The van der Waals surface area contributed by atoms with E-state index in [4.69, 9.17) is 9.15 Å². The zero-order valence-corrected chi connectivity index (χ0v) is 12.7. The van der Waals surface area contributed by atoms with Crippen LogP contribution in [0.2, 0.25) is 0 Å². The number of carbonyl (C=O) groups is 1. The number of benzene rings is 1. The van der Waals surface area contributed by atoms with E-state index in [1.807, 2.05) is 17.0 Å². The molecule has 1 aliphatic carbocycles. The summed E-state index contributed by atoms with van der Waals surface area (Å²) in [6, 6.07) is 10.1. The minimum absolute atomic E-state index is 0.0214. The van der Waals surface area contributed by atoms with Gasteiger partial charge in [0.2, 0.25) is 5.91 Å². The first-order valence-corrected chi connectivity index (χ1v) is 7.91. The van der Waals surface area contributed by atoms with Gasteiger partial charge in [-0.2, -0.15) is 0 Å². The number of hydrogen-bond donors (Lipinski definition) is 0. The number of furan rings is 1. The molecule has 0 radical (unpaired) electrons. The molecule has 2 aromatic rings. The number of rotatable bonds is 3. The quantitative estimate of drug-likeness (QED) is 0.874. The van der Waals surface area contributed by atoms with Crippen LogP contribution in [0.1, 0.15) is 29.8 Å². The molecular weight excluding hydrogens is 297 g/mol. The van der Waals surface area contributed by atoms with Crippen molar-refractivity contribution in [2.24, 2.45) is 5.92 Å². The molecule has 1 aromatic carbocycles. The van der Waals surface area contributed by atoms with Gasteiger partial charge in [-0.25, -0.2) is 4.39 Å². The average Bonchev–Trinajstić information content (AvgIpc) is 3.20. The molecule has 1 saturated carbocycles. The van der Waals surface area contributed by atoms with Crippen molar-refractivity contribution in [3.8, 4) is 0 Å². The molecule has 1 saturated heterocycles. The van der Waals surface area contributed by atoms with Crippen LogP contribution in [0.5, 0.6) is 0 Å². The molecular formula is C18H18FNO3. The SMILES string of the molecule is O=C([C@@H]1C[C@H]1c1ccco1)N1CCO[C@@H](c2ccc(F)cc2)C1. The van der Waals surface area contributed by atoms with Gasteiger partial charge >= 0.3 is 0 Å². The van der Waals surface area contributed by atoms with Gasteiger partial charge in [0.05, 0.1) is 19.4 Å². The molecule has 0 N–H and O–H groups in total. The van der Waals surface area contributed by atoms with Crippen molar-refractivity contribution in [2.75, 3.05) is 19.7 Å². The molecule has 120 valence electrons. The summed E-state index contributed by atoms with van der Waals surface area (Å²) in [5.41, 5.74) is 0.905. The standard InChI is InChI=1S/C18H18FNO3/c19-13-5-3-12(4-6-13)17-11-20(7-9-23-17)18(21)15-10-14(15)16-2-1-8-22-16/h1-6,8,14-15,17H,7,9-11H2/t14-,15-,17-/m1/s1. The number of ether oxygens (including phenoxy) is 1. The number of morpholine rings is 1. The van der Waals surface area contributed by atoms with E-state index in [-0.39, 0.29) is 29.7 Å². The molecule has 1 amide bonds. The van der Waals surface area contributed by atoms with E-state index in [0.717, 1.165) is 17.7 Å². The third kappa shape index (κ3) is 2.88. The minimum atomic E-state index is -0.267. The molecule has 1 aliphatic heterocycles. The molecule has 0 unspecified atom stereocenters. The van der Waals surface area contributed by atoms with Gasteiger partial charge in [-0.15, -0.1) is 0 Å². The van der Waals surface area contributed by atoms with Crippen LogP contribution >= 0.6 is 0 Å². The van der Waals surface area contributed by atoms with Gasteiger partial charge in [0, 0.05) is 18.4 Å². The van der Waals surface area contributed by atoms with Crippen LogP contribution in [-0.2, 0) is 9.53 Å². The van der Waals surface area contributed by atoms with Crippen molar-refractivity contribution in [1.82, 2.24) is 4.90 Å². The molecule has 4 rings (SSSR count). The fraction of sp³-hybridized carbons (Fsp3) is 0.389. The minimum Gasteiger partial charge on any atom is -0.469 e. The Hall–Kier alpha value is -2.14. The van der Waals surface area contributed by atoms with Crippen LogP contribution in [-0.4, -0.2) is 30.5 Å². The third-order valence-electron chi connectivity index (χ3n) is 4.64. The van der Waals surface area contributed by atoms with Crippen molar-refractivity contribution < 1.29 is 18.3 Å². The lowest BCUT2D eigenvalue weighted by molar-refractivity contribution is -0.140. The predicted octanol–water partition coefficient (Wildman–Crippen LogP) is 3.12. The van der Waals surface area contributed by atoms with E-state index < -0.39 is 0 Å². The van der Waals surface area contributed by atoms with Crippen LogP contribution in [0.3, 0.4) is 0 Å². The first-order chi connectivity index (χ1) is 11.2. The number of hydrogen-bond acceptors (Lipinski definition) is 3. The zero-order chi connectivity index (χ0) is 15.8. The summed E-state index contributed by atoms with van der Waals surface area (Å²) in [6.07, 6.45) is 2.31. The highest BCUT2D eigenvalue weighted by Gasteiger charge is 2.48. The van der Waals surface area contributed by atoms with E-state index in [9.17, 15) is 9.18 Å². The maximum absolute atomic E-state index is 13.0. The summed E-state index contributed by atoms with van der Waals surface area (Å²) >= 11 is 0. The second-order valence-electron chi connectivity index (χ2n) is 6.16. The van der Waals surface area contributed by atoms with Crippen molar-refractivity contribution in [3.05, 3.63) is 59.8 Å². The Balaban J connectivity index is 1.41. The lowest BCUT2D eigenvalue weighted by Crippen LogP contribution is -2.43. The summed E-state index contributed by atoms with van der Waals surface area (Å²) in [4.78, 5) is 14.5. The fourth-order valence-electron chi connectivity index (χ4n) is 3.25. The molecule has 0 spiro atoms. The Morgan fingerprint density at radius 2 is 2.04 bits per heavy atom. The van der Waals surface area contributed by atoms with Gasteiger partial charge in [-0.1, -0.05) is 12.1 Å². The summed E-state index contributed by atoms with van der Waals surface area (Å²) < 4.78 is 24.2. The Kier molecular flexibility index (Phi) is 3.65. The van der Waals surface area contributed by atoms with Crippen molar-refractivity contribution in [2.45, 2.75) is 18.4 Å². The van der Waals surface area contributed by atoms with Crippen LogP contribution in [0, 0.1) is 11.7 Å². The van der Waals surface area contributed by atoms with Gasteiger partial charge < -0.3 is 14.1 Å². The zero-order valence-electron chi connectivity index (χ0n) is 12.7. The van der Waals surface area contributed by atoms with Gasteiger partial charge in [0.25, 0.3) is 0 Å². The van der Waals surface area contributed by atoms with E-state index in [1.165, 1.54) is 12.1 Å². The Bertz CT molecular complexity index is 683. The largest absolute Gasteiger partial charge is 0.469 e. The van der Waals surface area contributed by atoms with Crippen molar-refractivity contribution in [3.63, 3.8) is 0 Å². The summed E-state index contributed by atoms with van der Waals surface area (Å²) in [7, 11) is 0. The first-order valence-electron chi connectivity index (χ1n) is 7.91. The fourth-order valence-corrected chi connectivity index (χ4v) is 3.25. The lowest BCUT2D eigenvalue weighted by atomic mass is 10.1. The summed E-state index contributed by atoms with van der Waals surface area (Å²) in [6.45, 7) is 1.63. The van der Waals surface area contributed by atoms with E-state index in [1.54, 1.807) is 18.4 Å². The number of halogens is 1. The Morgan fingerprint density at radius 3 is 2.78 bits per heavy atom. The van der Waals surface area contributed by atoms with Crippen LogP contribution in [0.15, 0.2) is 47.1 Å². The first kappa shape index (κ1) is 14.5. The average molecular weight is 315 g/mol. The van der Waals surface area contributed by atoms with E-state index >= 15 is 0 Å². The van der Waals surface area contributed by atoms with Crippen LogP contribution < -0.4 is 0 Å². The van der Waals surface area contributed by atoms with Crippen molar-refractivity contribution in [1.29, 1.82) is 0 Å². The molecule has 0 bridgehead atoms. The molecule has 23 heavy (non-hydrogen) atoms. The van der Waals surface area contributed by atoms with Gasteiger partial charge in [0.1, 0.15) is 17.7 Å². The molecule has 2 heterocycles. The van der Waals surface area contributed by atoms with E-state index in [0.29, 0.717) is 19.7 Å². The molecule has 2 fully saturated rings. The topological polar surface area (TPSA) is 42.7 Å². The second kappa shape index (κ2) is 5.81. The van der Waals surface area contributed by atoms with Crippen LogP contribution in [0.25, 0.3) is 0 Å². The molecule has 3 atom stereocenters. The predicted molar refractivity (Wildman–Crippen MR) is 81.2 cm³/mol. The number of nitrogens with zero attached hydrogens (tertiary/aromatic N) is 1. The van der Waals surface area contributed by atoms with Gasteiger partial charge in [-0.3, -0.25) is 4.79 Å². The van der Waals surface area contributed by atoms with Crippen molar-refractivity contribution >= 4 is 5.91 Å². The normalized spacial score (nSPS) is 27.0. The van der Waals surface area contributed by atoms with E-state index in [2.05, 4.69) is 0 Å².